The van der Waals surface area contributed by atoms with E-state index in [2.05, 4.69) is 99.3 Å². The molecule has 0 spiro atoms. The van der Waals surface area contributed by atoms with Gasteiger partial charge in [0.15, 0.2) is 0 Å². The van der Waals surface area contributed by atoms with Crippen molar-refractivity contribution in [2.45, 2.75) is 44.9 Å². The van der Waals surface area contributed by atoms with Gasteiger partial charge < -0.3 is 0 Å². The van der Waals surface area contributed by atoms with Crippen molar-refractivity contribution in [1.29, 1.82) is 0 Å². The predicted molar refractivity (Wildman–Crippen MR) is 121 cm³/mol. The number of hydrogen-bond acceptors (Lipinski definition) is 0. The van der Waals surface area contributed by atoms with Crippen LogP contribution in [0.4, 0.5) is 0 Å². The highest BCUT2D eigenvalue weighted by Gasteiger charge is 2.43. The third kappa shape index (κ3) is 3.33. The molecule has 2 aliphatic carbocycles. The molecule has 0 aliphatic heterocycles. The Bertz CT molecular complexity index is 969. The summed E-state index contributed by atoms with van der Waals surface area (Å²) in [4.78, 5) is 0. The van der Waals surface area contributed by atoms with Gasteiger partial charge in [-0.05, 0) is 71.9 Å². The lowest BCUT2D eigenvalue weighted by molar-refractivity contribution is 0.530. The molecular formula is C28H30. The second kappa shape index (κ2) is 7.80. The van der Waals surface area contributed by atoms with Crippen molar-refractivity contribution in [3.8, 4) is 0 Å². The molecule has 2 aliphatic rings. The molecule has 0 aromatic heterocycles. The summed E-state index contributed by atoms with van der Waals surface area (Å²) in [7, 11) is 0. The Morgan fingerprint density at radius 2 is 1.82 bits per heavy atom. The Labute approximate surface area is 170 Å². The first-order valence-corrected chi connectivity index (χ1v) is 10.5. The molecule has 0 nitrogen and oxygen atoms in total. The average Bonchev–Trinajstić information content (AvgIpc) is 3.01. The molecule has 0 heterocycles. The molecule has 0 saturated carbocycles. The van der Waals surface area contributed by atoms with Crippen LogP contribution >= 0.6 is 0 Å². The van der Waals surface area contributed by atoms with Crippen LogP contribution < -0.4 is 0 Å². The van der Waals surface area contributed by atoms with Crippen LogP contribution in [0.1, 0.15) is 48.9 Å². The Morgan fingerprint density at radius 1 is 1.07 bits per heavy atom. The zero-order chi connectivity index (χ0) is 19.6. The van der Waals surface area contributed by atoms with E-state index in [4.69, 9.17) is 0 Å². The van der Waals surface area contributed by atoms with E-state index in [1.165, 1.54) is 33.4 Å². The fraction of sp³-hybridized carbons (Fsp3) is 0.286. The topological polar surface area (TPSA) is 0 Å². The monoisotopic (exact) mass is 366 g/mol. The van der Waals surface area contributed by atoms with Crippen molar-refractivity contribution in [1.82, 2.24) is 0 Å². The first kappa shape index (κ1) is 18.7. The van der Waals surface area contributed by atoms with Crippen LogP contribution in [-0.4, -0.2) is 0 Å². The van der Waals surface area contributed by atoms with E-state index < -0.39 is 0 Å². The lowest BCUT2D eigenvalue weighted by Gasteiger charge is -2.35. The summed E-state index contributed by atoms with van der Waals surface area (Å²) in [6, 6.07) is 17.9. The number of fused-ring (bicyclic) bond motifs is 1. The van der Waals surface area contributed by atoms with Crippen molar-refractivity contribution in [2.24, 2.45) is 5.92 Å². The molecule has 2 unspecified atom stereocenters. The molecular weight excluding hydrogens is 336 g/mol. The summed E-state index contributed by atoms with van der Waals surface area (Å²) in [5, 5.41) is 0. The SMILES string of the molecule is C=C1CC(Cc2ccccc2C/C=C\C)(C2=CCC(C)C=C2)c2ccccc21. The number of allylic oxidation sites excluding steroid dienone is 7. The van der Waals surface area contributed by atoms with Gasteiger partial charge in [0.2, 0.25) is 0 Å². The van der Waals surface area contributed by atoms with Crippen molar-refractivity contribution in [3.05, 3.63) is 113 Å². The molecule has 2 aromatic carbocycles. The van der Waals surface area contributed by atoms with E-state index in [1.54, 1.807) is 0 Å². The number of benzene rings is 2. The molecule has 0 radical (unpaired) electrons. The van der Waals surface area contributed by atoms with Gasteiger partial charge in [-0.1, -0.05) is 92.4 Å². The first-order valence-electron chi connectivity index (χ1n) is 10.5. The van der Waals surface area contributed by atoms with E-state index in [9.17, 15) is 0 Å². The van der Waals surface area contributed by atoms with E-state index in [0.717, 1.165) is 25.7 Å². The summed E-state index contributed by atoms with van der Waals surface area (Å²) in [5.41, 5.74) is 8.43. The summed E-state index contributed by atoms with van der Waals surface area (Å²) in [6.07, 6.45) is 15.8. The molecule has 0 fully saturated rings. The summed E-state index contributed by atoms with van der Waals surface area (Å²) >= 11 is 0. The van der Waals surface area contributed by atoms with Gasteiger partial charge in [-0.3, -0.25) is 0 Å². The van der Waals surface area contributed by atoms with Crippen LogP contribution in [-0.2, 0) is 18.3 Å². The van der Waals surface area contributed by atoms with Crippen LogP contribution in [0.3, 0.4) is 0 Å². The van der Waals surface area contributed by atoms with E-state index in [-0.39, 0.29) is 5.41 Å². The molecule has 2 atom stereocenters. The number of hydrogen-bond donors (Lipinski definition) is 0. The Morgan fingerprint density at radius 3 is 2.57 bits per heavy atom. The van der Waals surface area contributed by atoms with Gasteiger partial charge in [-0.2, -0.15) is 0 Å². The standard InChI is InChI=1S/C28H30/c1-4-5-10-23-11-6-7-12-24(23)20-28(25-17-15-21(2)16-18-25)19-22(3)26-13-8-9-14-27(26)28/h4-9,11-15,17-18,21H,3,10,16,19-20H2,1-2H3/b5-4-. The fourth-order valence-electron chi connectivity index (χ4n) is 4.86. The zero-order valence-electron chi connectivity index (χ0n) is 17.1. The van der Waals surface area contributed by atoms with Crippen molar-refractivity contribution in [2.75, 3.05) is 0 Å². The van der Waals surface area contributed by atoms with Crippen molar-refractivity contribution >= 4 is 5.57 Å². The van der Waals surface area contributed by atoms with E-state index in [0.29, 0.717) is 5.92 Å². The third-order valence-electron chi connectivity index (χ3n) is 6.39. The van der Waals surface area contributed by atoms with Gasteiger partial charge in [-0.25, -0.2) is 0 Å². The molecule has 0 saturated heterocycles. The van der Waals surface area contributed by atoms with Crippen LogP contribution in [0.25, 0.3) is 5.57 Å². The molecule has 0 bridgehead atoms. The Balaban J connectivity index is 1.83. The third-order valence-corrected chi connectivity index (χ3v) is 6.39. The molecule has 0 heteroatoms. The summed E-state index contributed by atoms with van der Waals surface area (Å²) in [5.74, 6) is 0.627. The maximum Gasteiger partial charge on any atom is 0.0286 e. The van der Waals surface area contributed by atoms with E-state index in [1.807, 2.05) is 0 Å². The maximum absolute atomic E-state index is 4.45. The summed E-state index contributed by atoms with van der Waals surface area (Å²) in [6.45, 7) is 8.85. The van der Waals surface area contributed by atoms with Gasteiger partial charge >= 0.3 is 0 Å². The minimum Gasteiger partial charge on any atom is -0.0952 e. The largest absolute Gasteiger partial charge is 0.0952 e. The quantitative estimate of drug-likeness (QED) is 0.490. The molecule has 0 amide bonds. The van der Waals surface area contributed by atoms with Gasteiger partial charge in [0, 0.05) is 5.41 Å². The highest BCUT2D eigenvalue weighted by molar-refractivity contribution is 5.77. The predicted octanol–water partition coefficient (Wildman–Crippen LogP) is 7.23. The minimum atomic E-state index is -0.00362. The van der Waals surface area contributed by atoms with Crippen LogP contribution in [0.2, 0.25) is 0 Å². The molecule has 4 rings (SSSR count). The highest BCUT2D eigenvalue weighted by atomic mass is 14.5. The first-order chi connectivity index (χ1) is 13.6. The number of rotatable bonds is 5. The normalized spacial score (nSPS) is 23.9. The molecule has 28 heavy (non-hydrogen) atoms. The van der Waals surface area contributed by atoms with Gasteiger partial charge in [0.1, 0.15) is 0 Å². The van der Waals surface area contributed by atoms with E-state index >= 15 is 0 Å². The van der Waals surface area contributed by atoms with Gasteiger partial charge in [0.05, 0.1) is 0 Å². The summed E-state index contributed by atoms with van der Waals surface area (Å²) < 4.78 is 0. The average molecular weight is 367 g/mol. The van der Waals surface area contributed by atoms with Gasteiger partial charge in [0.25, 0.3) is 0 Å². The Hall–Kier alpha value is -2.60. The maximum atomic E-state index is 4.45. The molecule has 0 N–H and O–H groups in total. The second-order valence-corrected chi connectivity index (χ2v) is 8.36. The van der Waals surface area contributed by atoms with Crippen molar-refractivity contribution < 1.29 is 0 Å². The highest BCUT2D eigenvalue weighted by Crippen LogP contribution is 2.52. The lowest BCUT2D eigenvalue weighted by atomic mass is 9.68. The zero-order valence-corrected chi connectivity index (χ0v) is 17.1. The fourth-order valence-corrected chi connectivity index (χ4v) is 4.86. The van der Waals surface area contributed by atoms with Crippen LogP contribution in [0, 0.1) is 5.92 Å². The molecule has 142 valence electrons. The van der Waals surface area contributed by atoms with Crippen LogP contribution in [0.15, 0.2) is 91.1 Å². The lowest BCUT2D eigenvalue weighted by Crippen LogP contribution is -2.29. The molecule has 2 aromatic rings. The Kier molecular flexibility index (Phi) is 5.22. The van der Waals surface area contributed by atoms with Gasteiger partial charge in [-0.15, -0.1) is 0 Å². The second-order valence-electron chi connectivity index (χ2n) is 8.36. The van der Waals surface area contributed by atoms with Crippen molar-refractivity contribution in [3.63, 3.8) is 0 Å². The smallest absolute Gasteiger partial charge is 0.0286 e. The minimum absolute atomic E-state index is 0.00362. The van der Waals surface area contributed by atoms with Crippen LogP contribution in [0.5, 0.6) is 0 Å².